The van der Waals surface area contributed by atoms with Crippen LogP contribution < -0.4 is 15.4 Å². The number of nitrogens with zero attached hydrogens (tertiary/aromatic N) is 2. The predicted molar refractivity (Wildman–Crippen MR) is 165 cm³/mol. The second-order valence-electron chi connectivity index (χ2n) is 13.4. The summed E-state index contributed by atoms with van der Waals surface area (Å²) in [4.78, 5) is 56.4. The fourth-order valence-electron chi connectivity index (χ4n) is 6.92. The molecule has 15 heteroatoms. The van der Waals surface area contributed by atoms with Gasteiger partial charge in [-0.2, -0.15) is 0 Å². The van der Waals surface area contributed by atoms with E-state index in [4.69, 9.17) is 4.74 Å². The van der Waals surface area contributed by atoms with Crippen LogP contribution in [-0.2, 0) is 48.7 Å². The number of ether oxygens (including phenoxy) is 1. The minimum atomic E-state index is -3.90. The molecule has 47 heavy (non-hydrogen) atoms. The first-order valence-corrected chi connectivity index (χ1v) is 17.8. The average Bonchev–Trinajstić information content (AvgIpc) is 3.90. The van der Waals surface area contributed by atoms with E-state index in [9.17, 15) is 36.4 Å². The van der Waals surface area contributed by atoms with Crippen molar-refractivity contribution in [1.29, 1.82) is 0 Å². The molecule has 3 N–H and O–H groups in total. The third-order valence-corrected chi connectivity index (χ3v) is 11.7. The molecule has 1 aromatic carbocycles. The van der Waals surface area contributed by atoms with Crippen LogP contribution in [0.3, 0.4) is 0 Å². The number of halogens is 2. The van der Waals surface area contributed by atoms with Crippen LogP contribution in [0.1, 0.15) is 68.1 Å². The maximum absolute atomic E-state index is 14.7. The minimum absolute atomic E-state index is 0.0949. The number of aryl methyl sites for hydroxylation is 1. The Morgan fingerprint density at radius 1 is 1.11 bits per heavy atom. The normalized spacial score (nSPS) is 29.6. The molecule has 4 amide bonds. The van der Waals surface area contributed by atoms with Crippen LogP contribution in [0.4, 0.5) is 13.6 Å². The Morgan fingerprint density at radius 2 is 1.87 bits per heavy atom. The summed E-state index contributed by atoms with van der Waals surface area (Å²) in [6.45, 7) is 3.00. The Balaban J connectivity index is 1.20. The zero-order valence-corrected chi connectivity index (χ0v) is 27.0. The smallest absolute Gasteiger partial charge is 0.410 e. The summed E-state index contributed by atoms with van der Waals surface area (Å²) in [6.07, 6.45) is 2.89. The molecule has 5 aliphatic rings. The van der Waals surface area contributed by atoms with Gasteiger partial charge in [0.1, 0.15) is 17.7 Å². The molecule has 0 unspecified atom stereocenters. The number of rotatable bonds is 6. The average molecular weight is 678 g/mol. The van der Waals surface area contributed by atoms with Gasteiger partial charge in [0.15, 0.2) is 0 Å². The molecule has 256 valence electrons. The lowest BCUT2D eigenvalue weighted by molar-refractivity contribution is -0.139. The topological polar surface area (TPSA) is 154 Å². The van der Waals surface area contributed by atoms with Crippen LogP contribution in [0, 0.1) is 5.92 Å². The summed E-state index contributed by atoms with van der Waals surface area (Å²) in [5, 5.41) is 4.53. The quantitative estimate of drug-likeness (QED) is 0.387. The third kappa shape index (κ3) is 7.15. The number of hydrogen-bond acceptors (Lipinski definition) is 8. The Morgan fingerprint density at radius 3 is 2.60 bits per heavy atom. The van der Waals surface area contributed by atoms with Gasteiger partial charge in [-0.05, 0) is 55.2 Å². The van der Waals surface area contributed by atoms with Crippen molar-refractivity contribution in [1.82, 2.24) is 25.2 Å². The van der Waals surface area contributed by atoms with E-state index in [0.29, 0.717) is 45.2 Å². The Labute approximate surface area is 272 Å². The minimum Gasteiger partial charge on any atom is -0.444 e. The van der Waals surface area contributed by atoms with Gasteiger partial charge >= 0.3 is 6.09 Å². The van der Waals surface area contributed by atoms with Crippen molar-refractivity contribution in [2.45, 2.75) is 99.7 Å². The van der Waals surface area contributed by atoms with Crippen LogP contribution in [0.5, 0.6) is 0 Å². The molecule has 3 aliphatic heterocycles. The monoisotopic (exact) mass is 677 g/mol. The highest BCUT2D eigenvalue weighted by atomic mass is 32.2. The zero-order chi connectivity index (χ0) is 33.6. The highest BCUT2D eigenvalue weighted by Gasteiger charge is 2.62. The molecule has 6 rings (SSSR count). The lowest BCUT2D eigenvalue weighted by Gasteiger charge is -2.27. The second-order valence-corrected chi connectivity index (χ2v) is 15.4. The van der Waals surface area contributed by atoms with E-state index in [0.717, 1.165) is 23.1 Å². The predicted octanol–water partition coefficient (Wildman–Crippen LogP) is 2.12. The van der Waals surface area contributed by atoms with Gasteiger partial charge in [0.25, 0.3) is 11.8 Å². The van der Waals surface area contributed by atoms with Crippen molar-refractivity contribution in [3.63, 3.8) is 0 Å². The lowest BCUT2D eigenvalue weighted by atomic mass is 9.98. The van der Waals surface area contributed by atoms with Crippen molar-refractivity contribution in [3.8, 4) is 0 Å². The number of hydrogen-bond donors (Lipinski definition) is 3. The SMILES string of the molecule is C=C[C@@H]1C[C@]1(NC(=O)[C@@H]1C[C@@H]2CN1C(=O)CNCC(F)(F)CCCCCc1cccc3c1CN(C3)C(=O)O2)C(=O)NS(=O)(=O)C1CC1. The highest BCUT2D eigenvalue weighted by Crippen LogP contribution is 2.45. The summed E-state index contributed by atoms with van der Waals surface area (Å²) in [6, 6.07) is 4.65. The van der Waals surface area contributed by atoms with Crippen molar-refractivity contribution in [2.75, 3.05) is 19.6 Å². The number of nitrogens with one attached hydrogen (secondary N) is 3. The molecule has 0 aromatic heterocycles. The first-order valence-electron chi connectivity index (χ1n) is 16.3. The van der Waals surface area contributed by atoms with E-state index in [1.54, 1.807) is 4.90 Å². The van der Waals surface area contributed by atoms with E-state index >= 15 is 0 Å². The van der Waals surface area contributed by atoms with E-state index in [1.165, 1.54) is 11.0 Å². The lowest BCUT2D eigenvalue weighted by Crippen LogP contribution is -2.57. The van der Waals surface area contributed by atoms with Gasteiger partial charge in [-0.1, -0.05) is 30.7 Å². The van der Waals surface area contributed by atoms with Crippen molar-refractivity contribution in [2.24, 2.45) is 5.92 Å². The van der Waals surface area contributed by atoms with Crippen molar-refractivity contribution < 1.29 is 41.1 Å². The number of carbonyl (C=O) groups excluding carboxylic acids is 4. The number of fused-ring (bicyclic) bond motifs is 3. The molecule has 4 bridgehead atoms. The van der Waals surface area contributed by atoms with Crippen molar-refractivity contribution >= 4 is 33.8 Å². The maximum atomic E-state index is 14.7. The number of alkyl halides is 2. The van der Waals surface area contributed by atoms with Crippen LogP contribution in [0.25, 0.3) is 0 Å². The summed E-state index contributed by atoms with van der Waals surface area (Å²) in [5.74, 6) is -5.86. The molecule has 0 spiro atoms. The van der Waals surface area contributed by atoms with Crippen LogP contribution in [0.2, 0.25) is 0 Å². The van der Waals surface area contributed by atoms with Gasteiger partial charge in [-0.15, -0.1) is 6.58 Å². The van der Waals surface area contributed by atoms with Gasteiger partial charge in [0, 0.05) is 31.8 Å². The van der Waals surface area contributed by atoms with Gasteiger partial charge in [0.2, 0.25) is 21.8 Å². The molecule has 4 atom stereocenters. The first kappa shape index (κ1) is 33.3. The summed E-state index contributed by atoms with van der Waals surface area (Å²) in [7, 11) is -3.90. The summed E-state index contributed by atoms with van der Waals surface area (Å²) in [5.41, 5.74) is 1.50. The van der Waals surface area contributed by atoms with E-state index in [1.807, 2.05) is 18.2 Å². The Kier molecular flexibility index (Phi) is 9.07. The third-order valence-electron chi connectivity index (χ3n) is 9.89. The van der Waals surface area contributed by atoms with E-state index in [2.05, 4.69) is 21.9 Å². The van der Waals surface area contributed by atoms with Gasteiger partial charge in [-0.3, -0.25) is 24.0 Å². The van der Waals surface area contributed by atoms with Crippen LogP contribution in [-0.4, -0.2) is 90.5 Å². The molecular weight excluding hydrogens is 636 g/mol. The number of benzene rings is 1. The Bertz CT molecular complexity index is 1570. The molecule has 12 nitrogen and oxygen atoms in total. The summed E-state index contributed by atoms with van der Waals surface area (Å²) < 4.78 is 62.2. The molecule has 3 heterocycles. The Hall–Kier alpha value is -3.59. The molecule has 3 fully saturated rings. The molecule has 1 aromatic rings. The number of amides is 4. The largest absolute Gasteiger partial charge is 0.444 e. The van der Waals surface area contributed by atoms with Crippen molar-refractivity contribution in [3.05, 3.63) is 47.5 Å². The molecular formula is C32H41F2N5O7S. The number of carbonyl (C=O) groups is 4. The summed E-state index contributed by atoms with van der Waals surface area (Å²) >= 11 is 0. The van der Waals surface area contributed by atoms with E-state index in [-0.39, 0.29) is 25.8 Å². The molecule has 0 radical (unpaired) electrons. The van der Waals surface area contributed by atoms with Gasteiger partial charge < -0.3 is 20.3 Å². The molecule has 2 saturated carbocycles. The maximum Gasteiger partial charge on any atom is 0.410 e. The fourth-order valence-corrected chi connectivity index (χ4v) is 8.28. The van der Waals surface area contributed by atoms with Crippen LogP contribution in [0.15, 0.2) is 30.9 Å². The second kappa shape index (κ2) is 12.8. The molecule has 2 aliphatic carbocycles. The number of sulfonamides is 1. The molecule has 1 saturated heterocycles. The van der Waals surface area contributed by atoms with Gasteiger partial charge in [-0.25, -0.2) is 22.0 Å². The first-order chi connectivity index (χ1) is 22.3. The van der Waals surface area contributed by atoms with E-state index < -0.39 is 81.7 Å². The zero-order valence-electron chi connectivity index (χ0n) is 26.1. The highest BCUT2D eigenvalue weighted by molar-refractivity contribution is 7.91. The van der Waals surface area contributed by atoms with Gasteiger partial charge in [0.05, 0.1) is 24.9 Å². The fraction of sp³-hybridized carbons (Fsp3) is 0.625. The van der Waals surface area contributed by atoms with Crippen LogP contribution >= 0.6 is 0 Å². The standard InChI is InChI=1S/C32H41F2N5O7S/c1-2-22-14-32(22,29(42)37-47(44,45)24-10-11-24)36-28(41)26-13-23-17-39(26)27(40)15-35-19-31(33,34)12-5-3-4-7-20-8-6-9-21-16-38(18-25(20)21)30(43)46-23/h2,6,8-9,22-24,26,35H,1,3-5,7,10-19H2,(H,36,41)(H,37,42)/t22-,23-,26+,32-/m1/s1.